The van der Waals surface area contributed by atoms with Crippen LogP contribution in [0.4, 0.5) is 0 Å². The topological polar surface area (TPSA) is 35.6 Å². The number of nitrogens with one attached hydrogen (secondary N) is 1. The van der Waals surface area contributed by atoms with Crippen molar-refractivity contribution in [3.05, 3.63) is 0 Å². The minimum atomic E-state index is 0. The molecule has 0 aromatic rings. The van der Waals surface area contributed by atoms with Gasteiger partial charge in [-0.05, 0) is 64.2 Å². The van der Waals surface area contributed by atoms with Gasteiger partial charge in [-0.1, -0.05) is 20.3 Å². The summed E-state index contributed by atoms with van der Waals surface area (Å²) in [6.07, 6.45) is 6.23. The van der Waals surface area contributed by atoms with Crippen LogP contribution in [0.15, 0.2) is 0 Å². The Morgan fingerprint density at radius 3 is 2.30 bits per heavy atom. The second-order valence-electron chi connectivity index (χ2n) is 7.14. The van der Waals surface area contributed by atoms with Gasteiger partial charge in [-0.25, -0.2) is 0 Å². The SMILES string of the molecule is CNCC1CCCN(C(=O)C(C(C)C)N2CCCCC2)C1.Cl.Cl. The minimum absolute atomic E-state index is 0. The maximum absolute atomic E-state index is 13.1. The van der Waals surface area contributed by atoms with Crippen LogP contribution in [0.2, 0.25) is 0 Å². The Labute approximate surface area is 154 Å². The average molecular weight is 368 g/mol. The number of carbonyl (C=O) groups is 1. The van der Waals surface area contributed by atoms with Crippen LogP contribution in [0.3, 0.4) is 0 Å². The Morgan fingerprint density at radius 2 is 1.74 bits per heavy atom. The summed E-state index contributed by atoms with van der Waals surface area (Å²) < 4.78 is 0. The van der Waals surface area contributed by atoms with Gasteiger partial charge in [0.15, 0.2) is 0 Å². The zero-order chi connectivity index (χ0) is 15.2. The van der Waals surface area contributed by atoms with Crippen molar-refractivity contribution < 1.29 is 4.79 Å². The molecule has 0 spiro atoms. The molecule has 2 heterocycles. The molecule has 0 bridgehead atoms. The predicted octanol–water partition coefficient (Wildman–Crippen LogP) is 2.80. The van der Waals surface area contributed by atoms with E-state index in [1.165, 1.54) is 25.7 Å². The van der Waals surface area contributed by atoms with E-state index in [4.69, 9.17) is 0 Å². The van der Waals surface area contributed by atoms with E-state index in [2.05, 4.69) is 29.0 Å². The van der Waals surface area contributed by atoms with Crippen LogP contribution < -0.4 is 5.32 Å². The molecular weight excluding hydrogens is 333 g/mol. The van der Waals surface area contributed by atoms with E-state index in [1.54, 1.807) is 0 Å². The highest BCUT2D eigenvalue weighted by atomic mass is 35.5. The van der Waals surface area contributed by atoms with Crippen molar-refractivity contribution >= 4 is 30.7 Å². The van der Waals surface area contributed by atoms with Crippen LogP contribution in [0, 0.1) is 11.8 Å². The molecule has 1 N–H and O–H groups in total. The van der Waals surface area contributed by atoms with Crippen molar-refractivity contribution in [3.8, 4) is 0 Å². The highest BCUT2D eigenvalue weighted by Crippen LogP contribution is 2.23. The molecule has 2 aliphatic heterocycles. The normalized spacial score (nSPS) is 23.8. The third-order valence-corrected chi connectivity index (χ3v) is 4.99. The van der Waals surface area contributed by atoms with Crippen molar-refractivity contribution in [1.82, 2.24) is 15.1 Å². The Bertz CT molecular complexity index is 334. The molecule has 2 unspecified atom stereocenters. The third kappa shape index (κ3) is 6.41. The summed E-state index contributed by atoms with van der Waals surface area (Å²) in [5.74, 6) is 1.41. The average Bonchev–Trinajstić information content (AvgIpc) is 2.49. The number of rotatable bonds is 5. The van der Waals surface area contributed by atoms with Crippen LogP contribution in [0.25, 0.3) is 0 Å². The monoisotopic (exact) mass is 367 g/mol. The van der Waals surface area contributed by atoms with Crippen molar-refractivity contribution in [3.63, 3.8) is 0 Å². The van der Waals surface area contributed by atoms with Gasteiger partial charge in [0.25, 0.3) is 0 Å². The van der Waals surface area contributed by atoms with Gasteiger partial charge in [0.05, 0.1) is 6.04 Å². The fourth-order valence-electron chi connectivity index (χ4n) is 3.97. The minimum Gasteiger partial charge on any atom is -0.341 e. The molecule has 1 amide bonds. The summed E-state index contributed by atoms with van der Waals surface area (Å²) in [6, 6.07) is 0.0960. The number of halogens is 2. The van der Waals surface area contributed by atoms with E-state index in [9.17, 15) is 4.79 Å². The first-order chi connectivity index (χ1) is 10.1. The highest BCUT2D eigenvalue weighted by molar-refractivity contribution is 5.85. The fraction of sp³-hybridized carbons (Fsp3) is 0.941. The maximum Gasteiger partial charge on any atom is 0.240 e. The molecule has 6 heteroatoms. The van der Waals surface area contributed by atoms with Gasteiger partial charge in [0.2, 0.25) is 5.91 Å². The van der Waals surface area contributed by atoms with Crippen LogP contribution in [-0.2, 0) is 4.79 Å². The van der Waals surface area contributed by atoms with Crippen molar-refractivity contribution in [1.29, 1.82) is 0 Å². The van der Waals surface area contributed by atoms with Gasteiger partial charge < -0.3 is 10.2 Å². The van der Waals surface area contributed by atoms with Crippen molar-refractivity contribution in [2.24, 2.45) is 11.8 Å². The van der Waals surface area contributed by atoms with E-state index in [0.29, 0.717) is 17.7 Å². The van der Waals surface area contributed by atoms with Gasteiger partial charge in [-0.3, -0.25) is 9.69 Å². The summed E-state index contributed by atoms with van der Waals surface area (Å²) in [5.41, 5.74) is 0. The van der Waals surface area contributed by atoms with Crippen LogP contribution in [-0.4, -0.2) is 61.5 Å². The quantitative estimate of drug-likeness (QED) is 0.811. The molecule has 138 valence electrons. The summed E-state index contributed by atoms with van der Waals surface area (Å²) in [4.78, 5) is 17.6. The third-order valence-electron chi connectivity index (χ3n) is 4.99. The number of piperidine rings is 2. The molecule has 4 nitrogen and oxygen atoms in total. The molecule has 0 saturated carbocycles. The van der Waals surface area contributed by atoms with Gasteiger partial charge in [-0.2, -0.15) is 0 Å². The summed E-state index contributed by atoms with van der Waals surface area (Å²) in [7, 11) is 2.01. The molecule has 0 aromatic carbocycles. The van der Waals surface area contributed by atoms with Gasteiger partial charge in [0.1, 0.15) is 0 Å². The first kappa shape index (κ1) is 23.0. The Balaban J connectivity index is 0.00000242. The zero-order valence-corrected chi connectivity index (χ0v) is 16.6. The molecule has 0 aromatic heterocycles. The van der Waals surface area contributed by atoms with Gasteiger partial charge in [-0.15, -0.1) is 24.8 Å². The molecule has 2 aliphatic rings. The van der Waals surface area contributed by atoms with E-state index in [1.807, 2.05) is 7.05 Å². The predicted molar refractivity (Wildman–Crippen MR) is 102 cm³/mol. The van der Waals surface area contributed by atoms with Crippen molar-refractivity contribution in [2.45, 2.75) is 52.0 Å². The van der Waals surface area contributed by atoms with Gasteiger partial charge >= 0.3 is 0 Å². The van der Waals surface area contributed by atoms with E-state index < -0.39 is 0 Å². The molecule has 0 radical (unpaired) electrons. The summed E-state index contributed by atoms with van der Waals surface area (Å²) in [5, 5.41) is 3.26. The lowest BCUT2D eigenvalue weighted by molar-refractivity contribution is -0.141. The van der Waals surface area contributed by atoms with Gasteiger partial charge in [0, 0.05) is 13.1 Å². The summed E-state index contributed by atoms with van der Waals surface area (Å²) >= 11 is 0. The Kier molecular flexibility index (Phi) is 11.5. The van der Waals surface area contributed by atoms with E-state index >= 15 is 0 Å². The summed E-state index contributed by atoms with van der Waals surface area (Å²) in [6.45, 7) is 9.52. The number of nitrogens with zero attached hydrogens (tertiary/aromatic N) is 2. The second-order valence-corrected chi connectivity index (χ2v) is 7.14. The molecule has 2 fully saturated rings. The van der Waals surface area contributed by atoms with Crippen molar-refractivity contribution in [2.75, 3.05) is 39.8 Å². The largest absolute Gasteiger partial charge is 0.341 e. The molecular formula is C17H35Cl2N3O. The van der Waals surface area contributed by atoms with E-state index in [0.717, 1.165) is 39.1 Å². The number of carbonyl (C=O) groups excluding carboxylic acids is 1. The van der Waals surface area contributed by atoms with Crippen LogP contribution in [0.5, 0.6) is 0 Å². The number of likely N-dealkylation sites (tertiary alicyclic amines) is 2. The Morgan fingerprint density at radius 1 is 1.09 bits per heavy atom. The molecule has 2 saturated heterocycles. The number of hydrogen-bond donors (Lipinski definition) is 1. The molecule has 0 aliphatic carbocycles. The molecule has 2 atom stereocenters. The van der Waals surface area contributed by atoms with Crippen LogP contribution in [0.1, 0.15) is 46.0 Å². The number of amides is 1. The fourth-order valence-corrected chi connectivity index (χ4v) is 3.97. The lowest BCUT2D eigenvalue weighted by Gasteiger charge is -2.41. The maximum atomic E-state index is 13.1. The van der Waals surface area contributed by atoms with E-state index in [-0.39, 0.29) is 30.9 Å². The standard InChI is InChI=1S/C17H33N3O.2ClH/c1-14(2)16(19-9-5-4-6-10-19)17(21)20-11-7-8-15(13-20)12-18-3;;/h14-16,18H,4-13H2,1-3H3;2*1H. The highest BCUT2D eigenvalue weighted by Gasteiger charge is 2.34. The lowest BCUT2D eigenvalue weighted by atomic mass is 9.94. The van der Waals surface area contributed by atoms with Crippen LogP contribution >= 0.6 is 24.8 Å². The Hall–Kier alpha value is -0.0300. The lowest BCUT2D eigenvalue weighted by Crippen LogP contribution is -2.55. The molecule has 23 heavy (non-hydrogen) atoms. The smallest absolute Gasteiger partial charge is 0.240 e. The first-order valence-electron chi connectivity index (χ1n) is 8.81. The zero-order valence-electron chi connectivity index (χ0n) is 14.9. The second kappa shape index (κ2) is 11.5. The molecule has 2 rings (SSSR count). The number of hydrogen-bond acceptors (Lipinski definition) is 3. The first-order valence-corrected chi connectivity index (χ1v) is 8.81.